The number of carboxylic acids is 1. The van der Waals surface area contributed by atoms with Gasteiger partial charge in [-0.2, -0.15) is 0 Å². The normalized spacial score (nSPS) is 36.2. The highest BCUT2D eigenvalue weighted by molar-refractivity contribution is 6.03. The van der Waals surface area contributed by atoms with Crippen molar-refractivity contribution in [1.29, 1.82) is 0 Å². The molecule has 1 spiro atoms. The van der Waals surface area contributed by atoms with Gasteiger partial charge in [0.1, 0.15) is 11.5 Å². The summed E-state index contributed by atoms with van der Waals surface area (Å²) in [6, 6.07) is 9.09. The molecule has 1 aromatic carbocycles. The monoisotopic (exact) mass is 325 g/mol. The summed E-state index contributed by atoms with van der Waals surface area (Å²) in [5.74, 6) is -2.67. The van der Waals surface area contributed by atoms with Crippen LogP contribution in [0.25, 0.3) is 0 Å². The number of hydrogen-bond donors (Lipinski definition) is 1. The van der Waals surface area contributed by atoms with Crippen LogP contribution in [-0.2, 0) is 14.3 Å². The highest BCUT2D eigenvalue weighted by atomic mass is 16.5. The molecule has 1 amide bonds. The fourth-order valence-electron chi connectivity index (χ4n) is 4.41. The number of carbonyl (C=O) groups excluding carboxylic acids is 1. The van der Waals surface area contributed by atoms with Gasteiger partial charge >= 0.3 is 5.97 Å². The molecule has 3 heterocycles. The van der Waals surface area contributed by atoms with E-state index in [1.54, 1.807) is 11.0 Å². The first-order valence-corrected chi connectivity index (χ1v) is 8.08. The average molecular weight is 325 g/mol. The molecular formula is C19H19NO4. The Bertz CT molecular complexity index is 756. The molecule has 0 aromatic heterocycles. The molecule has 5 atom stereocenters. The number of ether oxygens (including phenoxy) is 1. The van der Waals surface area contributed by atoms with E-state index in [9.17, 15) is 14.7 Å². The molecule has 0 radical (unpaired) electrons. The van der Waals surface area contributed by atoms with Gasteiger partial charge in [-0.15, -0.1) is 6.58 Å². The number of hydrogen-bond acceptors (Lipinski definition) is 3. The Morgan fingerprint density at radius 1 is 1.38 bits per heavy atom. The van der Waals surface area contributed by atoms with Crippen molar-refractivity contribution >= 4 is 17.6 Å². The van der Waals surface area contributed by atoms with Gasteiger partial charge in [0, 0.05) is 5.69 Å². The van der Waals surface area contributed by atoms with E-state index < -0.39 is 29.5 Å². The summed E-state index contributed by atoms with van der Waals surface area (Å²) < 4.78 is 6.10. The lowest BCUT2D eigenvalue weighted by Gasteiger charge is -2.33. The lowest BCUT2D eigenvalue weighted by atomic mass is 9.74. The fraction of sp³-hybridized carbons (Fsp3) is 0.368. The molecule has 24 heavy (non-hydrogen) atoms. The molecule has 2 fully saturated rings. The number of nitrogens with zero attached hydrogens (tertiary/aromatic N) is 1. The van der Waals surface area contributed by atoms with Crippen molar-refractivity contribution in [2.24, 2.45) is 11.8 Å². The Hall–Kier alpha value is -2.40. The average Bonchev–Trinajstić information content (AvgIpc) is 3.17. The van der Waals surface area contributed by atoms with Gasteiger partial charge in [-0.05, 0) is 25.5 Å². The number of aliphatic carboxylic acids is 1. The summed E-state index contributed by atoms with van der Waals surface area (Å²) in [6.07, 6.45) is 3.74. The van der Waals surface area contributed by atoms with E-state index in [-0.39, 0.29) is 11.9 Å². The molecule has 124 valence electrons. The predicted octanol–water partition coefficient (Wildman–Crippen LogP) is 2.39. The van der Waals surface area contributed by atoms with Gasteiger partial charge in [0.2, 0.25) is 5.91 Å². The van der Waals surface area contributed by atoms with E-state index in [1.165, 1.54) is 0 Å². The van der Waals surface area contributed by atoms with E-state index in [1.807, 2.05) is 43.3 Å². The Balaban J connectivity index is 1.85. The summed E-state index contributed by atoms with van der Waals surface area (Å²) >= 11 is 0. The third kappa shape index (κ3) is 1.85. The number of anilines is 1. The third-order valence-corrected chi connectivity index (χ3v) is 5.28. The Labute approximate surface area is 140 Å². The molecule has 1 aromatic rings. The van der Waals surface area contributed by atoms with Gasteiger partial charge in [-0.1, -0.05) is 35.9 Å². The number of fused-ring (bicyclic) bond motifs is 1. The van der Waals surface area contributed by atoms with Crippen LogP contribution < -0.4 is 4.90 Å². The van der Waals surface area contributed by atoms with Gasteiger partial charge in [-0.3, -0.25) is 9.59 Å². The first-order chi connectivity index (χ1) is 11.5. The Morgan fingerprint density at radius 3 is 2.71 bits per heavy atom. The van der Waals surface area contributed by atoms with Crippen LogP contribution in [0.1, 0.15) is 13.3 Å². The summed E-state index contributed by atoms with van der Waals surface area (Å²) in [5, 5.41) is 9.62. The van der Waals surface area contributed by atoms with Crippen molar-refractivity contribution in [1.82, 2.24) is 0 Å². The van der Waals surface area contributed by atoms with Crippen LogP contribution in [0.15, 0.2) is 54.6 Å². The lowest BCUT2D eigenvalue weighted by molar-refractivity contribution is -0.146. The van der Waals surface area contributed by atoms with Crippen molar-refractivity contribution in [3.63, 3.8) is 0 Å². The maximum Gasteiger partial charge on any atom is 0.310 e. The van der Waals surface area contributed by atoms with Crippen LogP contribution >= 0.6 is 0 Å². The molecule has 2 saturated heterocycles. The van der Waals surface area contributed by atoms with Crippen LogP contribution in [-0.4, -0.2) is 34.7 Å². The van der Waals surface area contributed by atoms with Crippen molar-refractivity contribution < 1.29 is 19.4 Å². The summed E-state index contributed by atoms with van der Waals surface area (Å²) in [5.41, 5.74) is 0.824. The number of benzene rings is 1. The minimum Gasteiger partial charge on any atom is -0.481 e. The van der Waals surface area contributed by atoms with Crippen LogP contribution in [0.4, 0.5) is 5.69 Å². The standard InChI is InChI=1S/C19H19NO4/c1-11(2)10-14-19-9-8-13(24-19)15(18(22)23)16(19)17(21)20(14)12-6-4-3-5-7-12/h3-9,13-16H,1,10H2,2H3,(H,22,23)/t13-,14-,15-,16-,19-/m1/s1. The Kier molecular flexibility index (Phi) is 3.18. The highest BCUT2D eigenvalue weighted by Gasteiger charge is 2.71. The molecular weight excluding hydrogens is 306 g/mol. The summed E-state index contributed by atoms with van der Waals surface area (Å²) in [4.78, 5) is 26.7. The topological polar surface area (TPSA) is 66.8 Å². The summed E-state index contributed by atoms with van der Waals surface area (Å²) in [6.45, 7) is 5.90. The quantitative estimate of drug-likeness (QED) is 0.863. The Morgan fingerprint density at radius 2 is 2.08 bits per heavy atom. The largest absolute Gasteiger partial charge is 0.481 e. The van der Waals surface area contributed by atoms with Gasteiger partial charge < -0.3 is 14.7 Å². The molecule has 0 unspecified atom stereocenters. The van der Waals surface area contributed by atoms with Gasteiger partial charge in [0.05, 0.1) is 18.1 Å². The highest BCUT2D eigenvalue weighted by Crippen LogP contribution is 2.56. The molecule has 2 bridgehead atoms. The fourth-order valence-corrected chi connectivity index (χ4v) is 4.41. The zero-order valence-electron chi connectivity index (χ0n) is 13.4. The van der Waals surface area contributed by atoms with Crippen molar-refractivity contribution in [2.45, 2.75) is 31.1 Å². The van der Waals surface area contributed by atoms with E-state index in [2.05, 4.69) is 6.58 Å². The number of carboxylic acid groups (broad SMARTS) is 1. The minimum atomic E-state index is -0.978. The molecule has 0 aliphatic carbocycles. The number of para-hydroxylation sites is 1. The zero-order valence-corrected chi connectivity index (χ0v) is 13.4. The van der Waals surface area contributed by atoms with E-state index in [4.69, 9.17) is 4.74 Å². The van der Waals surface area contributed by atoms with E-state index in [0.717, 1.165) is 11.3 Å². The first kappa shape index (κ1) is 15.1. The molecule has 3 aliphatic rings. The lowest BCUT2D eigenvalue weighted by Crippen LogP contribution is -2.45. The number of rotatable bonds is 4. The zero-order chi connectivity index (χ0) is 17.1. The van der Waals surface area contributed by atoms with Crippen LogP contribution in [0.5, 0.6) is 0 Å². The van der Waals surface area contributed by atoms with Gasteiger partial charge in [0.15, 0.2) is 0 Å². The molecule has 5 nitrogen and oxygen atoms in total. The molecule has 4 rings (SSSR count). The molecule has 0 saturated carbocycles. The smallest absolute Gasteiger partial charge is 0.310 e. The second kappa shape index (κ2) is 5.05. The number of carbonyl (C=O) groups is 2. The van der Waals surface area contributed by atoms with Crippen molar-refractivity contribution in [3.05, 3.63) is 54.6 Å². The molecule has 1 N–H and O–H groups in total. The van der Waals surface area contributed by atoms with Crippen LogP contribution in [0, 0.1) is 11.8 Å². The maximum absolute atomic E-state index is 13.2. The molecule has 5 heteroatoms. The summed E-state index contributed by atoms with van der Waals surface area (Å²) in [7, 11) is 0. The first-order valence-electron chi connectivity index (χ1n) is 8.08. The van der Waals surface area contributed by atoms with Crippen LogP contribution in [0.3, 0.4) is 0 Å². The third-order valence-electron chi connectivity index (χ3n) is 5.28. The maximum atomic E-state index is 13.2. The van der Waals surface area contributed by atoms with E-state index >= 15 is 0 Å². The van der Waals surface area contributed by atoms with Gasteiger partial charge in [0.25, 0.3) is 0 Å². The predicted molar refractivity (Wildman–Crippen MR) is 88.5 cm³/mol. The second-order valence-electron chi connectivity index (χ2n) is 6.86. The van der Waals surface area contributed by atoms with Crippen molar-refractivity contribution in [2.75, 3.05) is 4.90 Å². The van der Waals surface area contributed by atoms with Crippen LogP contribution in [0.2, 0.25) is 0 Å². The SMILES string of the molecule is C=C(C)C[C@H]1N(c2ccccc2)C(=O)[C@H]2[C@H](C(=O)O)[C@H]3C=C[C@]21O3. The van der Waals surface area contributed by atoms with Crippen molar-refractivity contribution in [3.8, 4) is 0 Å². The number of amides is 1. The second-order valence-corrected chi connectivity index (χ2v) is 6.86. The minimum absolute atomic E-state index is 0.174. The van der Waals surface area contributed by atoms with E-state index in [0.29, 0.717) is 6.42 Å². The van der Waals surface area contributed by atoms with Gasteiger partial charge in [-0.25, -0.2) is 0 Å². The molecule has 3 aliphatic heterocycles.